The third kappa shape index (κ3) is 1.71. The first-order chi connectivity index (χ1) is 8.02. The average Bonchev–Trinajstić information content (AvgIpc) is 2.55. The minimum absolute atomic E-state index is 0.195. The fraction of sp³-hybridized carbons (Fsp3) is 0.0833. The number of nitrogens with zero attached hydrogens (tertiary/aromatic N) is 1. The molecule has 0 unspecified atom stereocenters. The Labute approximate surface area is 97.0 Å². The lowest BCUT2D eigenvalue weighted by molar-refractivity contribution is -0.132. The van der Waals surface area contributed by atoms with Crippen LogP contribution in [0.4, 0.5) is 0 Å². The van der Waals surface area contributed by atoms with E-state index in [2.05, 4.69) is 6.58 Å². The highest BCUT2D eigenvalue weighted by Gasteiger charge is 2.35. The van der Waals surface area contributed by atoms with Crippen molar-refractivity contribution in [3.8, 4) is 0 Å². The molecule has 2 rings (SSSR count). The summed E-state index contributed by atoms with van der Waals surface area (Å²) >= 11 is 0. The highest BCUT2D eigenvalue weighted by Crippen LogP contribution is 2.22. The lowest BCUT2D eigenvalue weighted by atomic mass is 10.1. The molecule has 1 aliphatic rings. The molecule has 5 heteroatoms. The molecule has 86 valence electrons. The number of carboxylic acids is 1. The van der Waals surface area contributed by atoms with Crippen LogP contribution in [-0.4, -0.2) is 34.3 Å². The number of aliphatic carboxylic acids is 1. The van der Waals surface area contributed by atoms with Gasteiger partial charge in [0, 0.05) is 5.57 Å². The molecule has 2 amide bonds. The molecule has 5 nitrogen and oxygen atoms in total. The number of amides is 2. The SMILES string of the molecule is C=C(CN1C(=O)c2ccccc2C1=O)C(=O)O. The van der Waals surface area contributed by atoms with Gasteiger partial charge in [0.05, 0.1) is 17.7 Å². The summed E-state index contributed by atoms with van der Waals surface area (Å²) in [5.74, 6) is -2.18. The molecule has 1 aliphatic heterocycles. The van der Waals surface area contributed by atoms with Gasteiger partial charge in [0.15, 0.2) is 0 Å². The van der Waals surface area contributed by atoms with E-state index in [9.17, 15) is 14.4 Å². The van der Waals surface area contributed by atoms with Gasteiger partial charge in [0.2, 0.25) is 0 Å². The summed E-state index contributed by atoms with van der Waals surface area (Å²) in [4.78, 5) is 35.2. The highest BCUT2D eigenvalue weighted by atomic mass is 16.4. The van der Waals surface area contributed by atoms with Crippen molar-refractivity contribution in [3.05, 3.63) is 47.5 Å². The molecular weight excluding hydrogens is 222 g/mol. The number of carbonyl (C=O) groups excluding carboxylic acids is 2. The molecule has 0 saturated carbocycles. The van der Waals surface area contributed by atoms with Crippen LogP contribution >= 0.6 is 0 Å². The first-order valence-electron chi connectivity index (χ1n) is 4.88. The number of benzene rings is 1. The summed E-state index contributed by atoms with van der Waals surface area (Å²) in [5, 5.41) is 8.68. The van der Waals surface area contributed by atoms with Gasteiger partial charge >= 0.3 is 5.97 Å². The first kappa shape index (κ1) is 11.1. The third-order valence-corrected chi connectivity index (χ3v) is 2.53. The van der Waals surface area contributed by atoms with Crippen LogP contribution in [0.25, 0.3) is 0 Å². The van der Waals surface area contributed by atoms with E-state index >= 15 is 0 Å². The van der Waals surface area contributed by atoms with Crippen molar-refractivity contribution in [2.75, 3.05) is 6.54 Å². The van der Waals surface area contributed by atoms with Gasteiger partial charge in [-0.25, -0.2) is 4.79 Å². The number of rotatable bonds is 3. The van der Waals surface area contributed by atoms with Crippen molar-refractivity contribution in [2.24, 2.45) is 0 Å². The second-order valence-electron chi connectivity index (χ2n) is 3.65. The number of imide groups is 1. The van der Waals surface area contributed by atoms with Gasteiger partial charge in [-0.15, -0.1) is 0 Å². The lowest BCUT2D eigenvalue weighted by Gasteiger charge is -2.12. The molecule has 0 fully saturated rings. The molecule has 1 heterocycles. The standard InChI is InChI=1S/C12H9NO4/c1-7(12(16)17)6-13-10(14)8-4-2-3-5-9(8)11(13)15/h2-5H,1,6H2,(H,16,17). The molecule has 0 bridgehead atoms. The van der Waals surface area contributed by atoms with Crippen LogP contribution in [0.15, 0.2) is 36.4 Å². The number of carboxylic acid groups (broad SMARTS) is 1. The van der Waals surface area contributed by atoms with E-state index in [0.717, 1.165) is 4.90 Å². The molecular formula is C12H9NO4. The van der Waals surface area contributed by atoms with Gasteiger partial charge < -0.3 is 5.11 Å². The Kier molecular flexibility index (Phi) is 2.51. The average molecular weight is 231 g/mol. The van der Waals surface area contributed by atoms with E-state index in [-0.39, 0.29) is 12.1 Å². The quantitative estimate of drug-likeness (QED) is 0.620. The second-order valence-corrected chi connectivity index (χ2v) is 3.65. The van der Waals surface area contributed by atoms with E-state index in [1.54, 1.807) is 24.3 Å². The minimum Gasteiger partial charge on any atom is -0.478 e. The number of carbonyl (C=O) groups is 3. The van der Waals surface area contributed by atoms with Crippen molar-refractivity contribution in [1.82, 2.24) is 4.90 Å². The molecule has 0 spiro atoms. The van der Waals surface area contributed by atoms with Gasteiger partial charge in [-0.05, 0) is 12.1 Å². The zero-order chi connectivity index (χ0) is 12.6. The Bertz CT molecular complexity index is 512. The van der Waals surface area contributed by atoms with E-state index in [1.807, 2.05) is 0 Å². The summed E-state index contributed by atoms with van der Waals surface area (Å²) in [6.07, 6.45) is 0. The van der Waals surface area contributed by atoms with Gasteiger partial charge in [-0.3, -0.25) is 14.5 Å². The number of hydrogen-bond acceptors (Lipinski definition) is 3. The summed E-state index contributed by atoms with van der Waals surface area (Å²) in [5.41, 5.74) is 0.408. The Morgan fingerprint density at radius 2 is 1.65 bits per heavy atom. The fourth-order valence-corrected chi connectivity index (χ4v) is 1.64. The molecule has 1 N–H and O–H groups in total. The molecule has 0 saturated heterocycles. The van der Waals surface area contributed by atoms with Crippen LogP contribution in [0.5, 0.6) is 0 Å². The largest absolute Gasteiger partial charge is 0.478 e. The van der Waals surface area contributed by atoms with Gasteiger partial charge in [-0.1, -0.05) is 18.7 Å². The maximum atomic E-state index is 11.8. The minimum atomic E-state index is -1.22. The van der Waals surface area contributed by atoms with Crippen LogP contribution in [0.1, 0.15) is 20.7 Å². The monoisotopic (exact) mass is 231 g/mol. The van der Waals surface area contributed by atoms with Gasteiger partial charge in [-0.2, -0.15) is 0 Å². The molecule has 17 heavy (non-hydrogen) atoms. The van der Waals surface area contributed by atoms with Gasteiger partial charge in [0.1, 0.15) is 0 Å². The van der Waals surface area contributed by atoms with Crippen LogP contribution < -0.4 is 0 Å². The predicted molar refractivity (Wildman–Crippen MR) is 58.6 cm³/mol. The molecule has 0 radical (unpaired) electrons. The van der Waals surface area contributed by atoms with Crippen molar-refractivity contribution in [1.29, 1.82) is 0 Å². The van der Waals surface area contributed by atoms with Crippen LogP contribution in [-0.2, 0) is 4.79 Å². The maximum absolute atomic E-state index is 11.8. The van der Waals surface area contributed by atoms with E-state index in [1.165, 1.54) is 0 Å². The predicted octanol–water partition coefficient (Wildman–Crippen LogP) is 0.923. The van der Waals surface area contributed by atoms with Crippen LogP contribution in [0.3, 0.4) is 0 Å². The van der Waals surface area contributed by atoms with E-state index in [4.69, 9.17) is 5.11 Å². The van der Waals surface area contributed by atoms with Crippen molar-refractivity contribution >= 4 is 17.8 Å². The van der Waals surface area contributed by atoms with Crippen molar-refractivity contribution in [2.45, 2.75) is 0 Å². The third-order valence-electron chi connectivity index (χ3n) is 2.53. The first-order valence-corrected chi connectivity index (χ1v) is 4.88. The maximum Gasteiger partial charge on any atom is 0.332 e. The molecule has 0 aliphatic carbocycles. The second kappa shape index (κ2) is 3.86. The smallest absolute Gasteiger partial charge is 0.332 e. The summed E-state index contributed by atoms with van der Waals surface area (Å²) in [6, 6.07) is 6.39. The van der Waals surface area contributed by atoms with Gasteiger partial charge in [0.25, 0.3) is 11.8 Å². The normalized spacial score (nSPS) is 13.8. The van der Waals surface area contributed by atoms with Crippen LogP contribution in [0.2, 0.25) is 0 Å². The van der Waals surface area contributed by atoms with Crippen molar-refractivity contribution < 1.29 is 19.5 Å². The Hall–Kier alpha value is -2.43. The molecule has 0 aromatic heterocycles. The fourth-order valence-electron chi connectivity index (χ4n) is 1.64. The Morgan fingerprint density at radius 1 is 1.18 bits per heavy atom. The Balaban J connectivity index is 2.31. The number of hydrogen-bond donors (Lipinski definition) is 1. The zero-order valence-corrected chi connectivity index (χ0v) is 8.84. The number of fused-ring (bicyclic) bond motifs is 1. The topological polar surface area (TPSA) is 74.7 Å². The van der Waals surface area contributed by atoms with E-state index in [0.29, 0.717) is 11.1 Å². The zero-order valence-electron chi connectivity index (χ0n) is 8.84. The summed E-state index contributed by atoms with van der Waals surface area (Å²) < 4.78 is 0. The van der Waals surface area contributed by atoms with Crippen LogP contribution in [0, 0.1) is 0 Å². The molecule has 1 aromatic rings. The molecule has 0 atom stereocenters. The lowest BCUT2D eigenvalue weighted by Crippen LogP contribution is -2.33. The highest BCUT2D eigenvalue weighted by molar-refractivity contribution is 6.21. The molecule has 1 aromatic carbocycles. The Morgan fingerprint density at radius 3 is 2.06 bits per heavy atom. The summed E-state index contributed by atoms with van der Waals surface area (Å²) in [6.45, 7) is 3.01. The van der Waals surface area contributed by atoms with E-state index < -0.39 is 17.8 Å². The summed E-state index contributed by atoms with van der Waals surface area (Å²) in [7, 11) is 0. The van der Waals surface area contributed by atoms with Crippen molar-refractivity contribution in [3.63, 3.8) is 0 Å².